The van der Waals surface area contributed by atoms with Gasteiger partial charge >= 0.3 is 6.01 Å². The van der Waals surface area contributed by atoms with Crippen LogP contribution in [-0.2, 0) is 4.79 Å². The van der Waals surface area contributed by atoms with E-state index < -0.39 is 17.4 Å². The van der Waals surface area contributed by atoms with Gasteiger partial charge in [0.25, 0.3) is 5.92 Å². The third-order valence-corrected chi connectivity index (χ3v) is 5.40. The average Bonchev–Trinajstić information content (AvgIpc) is 2.98. The van der Waals surface area contributed by atoms with E-state index in [-0.39, 0.29) is 18.3 Å². The van der Waals surface area contributed by atoms with Gasteiger partial charge < -0.3 is 14.6 Å². The molecule has 1 aliphatic heterocycles. The number of halogens is 2. The van der Waals surface area contributed by atoms with Gasteiger partial charge in [-0.1, -0.05) is 23.3 Å². The summed E-state index contributed by atoms with van der Waals surface area (Å²) in [7, 11) is 0. The van der Waals surface area contributed by atoms with Crippen LogP contribution in [0.3, 0.4) is 0 Å². The number of amides is 1. The van der Waals surface area contributed by atoms with Crippen LogP contribution >= 0.6 is 0 Å². The predicted octanol–water partition coefficient (Wildman–Crippen LogP) is 3.18. The van der Waals surface area contributed by atoms with Crippen LogP contribution in [0.25, 0.3) is 11.5 Å². The molecular formula is C18H20F2N4O2. The van der Waals surface area contributed by atoms with Crippen molar-refractivity contribution >= 4 is 11.9 Å². The molecule has 2 aromatic rings. The van der Waals surface area contributed by atoms with E-state index in [4.69, 9.17) is 4.42 Å². The molecule has 1 aliphatic carbocycles. The molecule has 0 unspecified atom stereocenters. The molecule has 0 bridgehead atoms. The van der Waals surface area contributed by atoms with E-state index in [0.29, 0.717) is 31.8 Å². The Labute approximate surface area is 149 Å². The summed E-state index contributed by atoms with van der Waals surface area (Å²) in [6, 6.07) is 8.91. The van der Waals surface area contributed by atoms with Crippen LogP contribution in [0.15, 0.2) is 34.7 Å². The normalized spacial score (nSPS) is 21.4. The van der Waals surface area contributed by atoms with Crippen molar-refractivity contribution in [3.05, 3.63) is 30.3 Å². The summed E-state index contributed by atoms with van der Waals surface area (Å²) < 4.78 is 32.4. The van der Waals surface area contributed by atoms with E-state index in [9.17, 15) is 13.6 Å². The fourth-order valence-corrected chi connectivity index (χ4v) is 3.58. The lowest BCUT2D eigenvalue weighted by atomic mass is 9.92. The number of aromatic nitrogens is 2. The number of hydrogen-bond acceptors (Lipinski definition) is 5. The molecule has 1 aromatic carbocycles. The second-order valence-electron chi connectivity index (χ2n) is 7.13. The summed E-state index contributed by atoms with van der Waals surface area (Å²) in [5.41, 5.74) is -0.0731. The number of likely N-dealkylation sites (tertiary alicyclic amines) is 1. The lowest BCUT2D eigenvalue weighted by Gasteiger charge is -2.33. The molecule has 1 saturated heterocycles. The molecule has 1 saturated carbocycles. The Bertz CT molecular complexity index is 801. The Hall–Kier alpha value is -2.51. The molecule has 1 aromatic heterocycles. The van der Waals surface area contributed by atoms with Crippen LogP contribution in [0.5, 0.6) is 0 Å². The van der Waals surface area contributed by atoms with Crippen molar-refractivity contribution in [3.8, 4) is 11.5 Å². The van der Waals surface area contributed by atoms with Crippen molar-refractivity contribution in [3.63, 3.8) is 0 Å². The maximum atomic E-state index is 13.4. The largest absolute Gasteiger partial charge is 0.403 e. The number of benzene rings is 1. The summed E-state index contributed by atoms with van der Waals surface area (Å²) in [5, 5.41) is 10.8. The zero-order valence-electron chi connectivity index (χ0n) is 14.4. The molecule has 4 rings (SSSR count). The summed E-state index contributed by atoms with van der Waals surface area (Å²) in [6.45, 7) is 2.42. The maximum Gasteiger partial charge on any atom is 0.316 e. The summed E-state index contributed by atoms with van der Waals surface area (Å²) in [4.78, 5) is 14.2. The standard InChI is InChI=1S/C18H20F2N4O2/c1-12(15(25)24-9-7-17(8-10-24)11-18(17,19)20)21-16-23-22-14(26-16)13-5-3-2-4-6-13/h2-6,12H,7-11H2,1H3,(H,21,23)/t12-/m1/s1. The summed E-state index contributed by atoms with van der Waals surface area (Å²) >= 11 is 0. The van der Waals surface area contributed by atoms with Gasteiger partial charge in [0.15, 0.2) is 0 Å². The van der Waals surface area contributed by atoms with Crippen LogP contribution in [-0.4, -0.2) is 46.1 Å². The lowest BCUT2D eigenvalue weighted by molar-refractivity contribution is -0.134. The first kappa shape index (κ1) is 16.9. The highest BCUT2D eigenvalue weighted by Gasteiger charge is 2.70. The zero-order chi connectivity index (χ0) is 18.4. The van der Waals surface area contributed by atoms with Crippen molar-refractivity contribution < 1.29 is 18.0 Å². The SMILES string of the molecule is C[C@@H](Nc1nnc(-c2ccccc2)o1)C(=O)N1CCC2(CC1)CC2(F)F. The number of piperidine rings is 1. The molecule has 1 N–H and O–H groups in total. The molecule has 8 heteroatoms. The Morgan fingerprint density at radius 1 is 1.23 bits per heavy atom. The predicted molar refractivity (Wildman–Crippen MR) is 90.6 cm³/mol. The highest BCUT2D eigenvalue weighted by Crippen LogP contribution is 2.65. The monoisotopic (exact) mass is 362 g/mol. The van der Waals surface area contributed by atoms with E-state index in [1.807, 2.05) is 30.3 Å². The van der Waals surface area contributed by atoms with Crippen LogP contribution in [0.4, 0.5) is 14.8 Å². The molecule has 2 heterocycles. The smallest absolute Gasteiger partial charge is 0.316 e. The first-order valence-electron chi connectivity index (χ1n) is 8.72. The van der Waals surface area contributed by atoms with Crippen molar-refractivity contribution in [1.29, 1.82) is 0 Å². The minimum Gasteiger partial charge on any atom is -0.403 e. The van der Waals surface area contributed by atoms with Gasteiger partial charge in [0.2, 0.25) is 11.8 Å². The van der Waals surface area contributed by atoms with Gasteiger partial charge in [-0.15, -0.1) is 5.10 Å². The minimum absolute atomic E-state index is 0.0416. The van der Waals surface area contributed by atoms with E-state index >= 15 is 0 Å². The number of hydrogen-bond donors (Lipinski definition) is 1. The zero-order valence-corrected chi connectivity index (χ0v) is 14.4. The number of nitrogens with zero attached hydrogens (tertiary/aromatic N) is 3. The topological polar surface area (TPSA) is 71.3 Å². The molecule has 2 fully saturated rings. The lowest BCUT2D eigenvalue weighted by Crippen LogP contribution is -2.46. The van der Waals surface area contributed by atoms with Crippen LogP contribution < -0.4 is 5.32 Å². The van der Waals surface area contributed by atoms with E-state index in [0.717, 1.165) is 5.56 Å². The molecule has 1 spiro atoms. The first-order chi connectivity index (χ1) is 12.4. The number of carbonyl (C=O) groups is 1. The van der Waals surface area contributed by atoms with E-state index in [1.165, 1.54) is 0 Å². The van der Waals surface area contributed by atoms with Crippen molar-refractivity contribution in [2.75, 3.05) is 18.4 Å². The van der Waals surface area contributed by atoms with Gasteiger partial charge in [0.05, 0.1) is 0 Å². The molecular weight excluding hydrogens is 342 g/mol. The number of rotatable bonds is 4. The fourth-order valence-electron chi connectivity index (χ4n) is 3.58. The number of anilines is 1. The molecule has 1 atom stereocenters. The second kappa shape index (κ2) is 6.03. The Morgan fingerprint density at radius 3 is 2.50 bits per heavy atom. The van der Waals surface area contributed by atoms with Crippen LogP contribution in [0.2, 0.25) is 0 Å². The second-order valence-corrected chi connectivity index (χ2v) is 7.13. The number of carbonyl (C=O) groups excluding carboxylic acids is 1. The van der Waals surface area contributed by atoms with Gasteiger partial charge in [0.1, 0.15) is 6.04 Å². The van der Waals surface area contributed by atoms with E-state index in [1.54, 1.807) is 11.8 Å². The molecule has 26 heavy (non-hydrogen) atoms. The minimum atomic E-state index is -2.55. The van der Waals surface area contributed by atoms with Crippen LogP contribution in [0.1, 0.15) is 26.2 Å². The van der Waals surface area contributed by atoms with Gasteiger partial charge in [-0.25, -0.2) is 8.78 Å². The van der Waals surface area contributed by atoms with Crippen molar-refractivity contribution in [2.24, 2.45) is 5.41 Å². The molecule has 0 radical (unpaired) electrons. The molecule has 138 valence electrons. The Balaban J connectivity index is 1.34. The fraction of sp³-hybridized carbons (Fsp3) is 0.500. The highest BCUT2D eigenvalue weighted by molar-refractivity contribution is 5.83. The average molecular weight is 362 g/mol. The quantitative estimate of drug-likeness (QED) is 0.904. The molecule has 1 amide bonds. The highest BCUT2D eigenvalue weighted by atomic mass is 19.3. The molecule has 2 aliphatic rings. The van der Waals surface area contributed by atoms with Crippen molar-refractivity contribution in [1.82, 2.24) is 15.1 Å². The maximum absolute atomic E-state index is 13.4. The molecule has 6 nitrogen and oxygen atoms in total. The van der Waals surface area contributed by atoms with Gasteiger partial charge in [-0.3, -0.25) is 4.79 Å². The van der Waals surface area contributed by atoms with Crippen molar-refractivity contribution in [2.45, 2.75) is 38.2 Å². The van der Waals surface area contributed by atoms with E-state index in [2.05, 4.69) is 15.5 Å². The number of alkyl halides is 2. The Kier molecular flexibility index (Phi) is 3.93. The van der Waals surface area contributed by atoms with Gasteiger partial charge in [-0.2, -0.15) is 0 Å². The Morgan fingerprint density at radius 2 is 1.88 bits per heavy atom. The van der Waals surface area contributed by atoms with Gasteiger partial charge in [-0.05, 0) is 31.9 Å². The first-order valence-corrected chi connectivity index (χ1v) is 8.72. The summed E-state index contributed by atoms with van der Waals surface area (Å²) in [6.07, 6.45) is 0.675. The van der Waals surface area contributed by atoms with Gasteiger partial charge in [0, 0.05) is 30.5 Å². The van der Waals surface area contributed by atoms with Crippen LogP contribution in [0, 0.1) is 5.41 Å². The third kappa shape index (κ3) is 2.93. The number of nitrogens with one attached hydrogen (secondary N) is 1. The summed E-state index contributed by atoms with van der Waals surface area (Å²) in [5.74, 6) is -2.34. The third-order valence-electron chi connectivity index (χ3n) is 5.40.